The lowest BCUT2D eigenvalue weighted by atomic mass is 10.1. The van der Waals surface area contributed by atoms with Crippen LogP contribution in [0.1, 0.15) is 37.6 Å². The van der Waals surface area contributed by atoms with Crippen LogP contribution in [0.3, 0.4) is 0 Å². The molecule has 5 rings (SSSR count). The zero-order chi connectivity index (χ0) is 23.7. The van der Waals surface area contributed by atoms with Gasteiger partial charge in [-0.3, -0.25) is 9.59 Å². The largest absolute Gasteiger partial charge is 0.467 e. The van der Waals surface area contributed by atoms with Gasteiger partial charge >= 0.3 is 0 Å². The van der Waals surface area contributed by atoms with Gasteiger partial charge in [0.05, 0.1) is 51.2 Å². The molecule has 0 bridgehead atoms. The predicted molar refractivity (Wildman–Crippen MR) is 129 cm³/mol. The molecule has 0 saturated heterocycles. The van der Waals surface area contributed by atoms with Gasteiger partial charge in [-0.2, -0.15) is 0 Å². The molecule has 3 aromatic carbocycles. The van der Waals surface area contributed by atoms with Gasteiger partial charge in [-0.05, 0) is 60.5 Å². The van der Waals surface area contributed by atoms with Crippen molar-refractivity contribution in [2.45, 2.75) is 29.8 Å². The molecule has 0 fully saturated rings. The number of nitrogens with zero attached hydrogens (tertiary/aromatic N) is 1. The van der Waals surface area contributed by atoms with E-state index in [4.69, 9.17) is 4.42 Å². The Hall–Kier alpha value is -3.97. The van der Waals surface area contributed by atoms with Gasteiger partial charge in [0.15, 0.2) is 0 Å². The number of aryl methyl sites for hydroxylation is 1. The number of benzene rings is 3. The van der Waals surface area contributed by atoms with Crippen molar-refractivity contribution < 1.29 is 18.2 Å². The van der Waals surface area contributed by atoms with E-state index in [1.807, 2.05) is 31.2 Å². The topological polar surface area (TPSA) is 79.6 Å². The first-order valence-electron chi connectivity index (χ1n) is 10.8. The lowest BCUT2D eigenvalue weighted by Crippen LogP contribution is -2.31. The average molecular weight is 471 g/mol. The molecular formula is C27H22N2O4S. The summed E-state index contributed by atoms with van der Waals surface area (Å²) in [6, 6.07) is 23.3. The number of nitrogens with one attached hydrogen (secondary N) is 1. The number of fused-ring (bicyclic) bond motifs is 2. The highest BCUT2D eigenvalue weighted by atomic mass is 32.2. The van der Waals surface area contributed by atoms with Crippen molar-refractivity contribution in [3.05, 3.63) is 113 Å². The van der Waals surface area contributed by atoms with E-state index in [1.54, 1.807) is 65.8 Å². The van der Waals surface area contributed by atoms with Crippen molar-refractivity contribution in [3.8, 4) is 0 Å². The second kappa shape index (κ2) is 9.11. The van der Waals surface area contributed by atoms with Gasteiger partial charge in [-0.15, -0.1) is 0 Å². The number of anilines is 1. The molecule has 2 heterocycles. The van der Waals surface area contributed by atoms with E-state index >= 15 is 0 Å². The number of hydrogen-bond donors (Lipinski definition) is 1. The number of carbonyl (C=O) groups is 2. The third-order valence-electron chi connectivity index (χ3n) is 5.87. The smallest absolute Gasteiger partial charge is 0.259 e. The lowest BCUT2D eigenvalue weighted by molar-refractivity contribution is 0.0945. The molecule has 6 nitrogen and oxygen atoms in total. The van der Waals surface area contributed by atoms with Gasteiger partial charge in [-0.1, -0.05) is 36.4 Å². The van der Waals surface area contributed by atoms with Crippen LogP contribution in [0.5, 0.6) is 0 Å². The first kappa shape index (κ1) is 21.9. The molecule has 7 heteroatoms. The van der Waals surface area contributed by atoms with Crippen molar-refractivity contribution in [1.82, 2.24) is 5.32 Å². The fourth-order valence-corrected chi connectivity index (χ4v) is 5.35. The summed E-state index contributed by atoms with van der Waals surface area (Å²) in [7, 11) is -1.57. The van der Waals surface area contributed by atoms with Gasteiger partial charge in [0.25, 0.3) is 11.8 Å². The Kier molecular flexibility index (Phi) is 5.86. The Labute approximate surface area is 199 Å². The second-order valence-electron chi connectivity index (χ2n) is 8.03. The molecular weight excluding hydrogens is 448 g/mol. The Morgan fingerprint density at radius 2 is 1.76 bits per heavy atom. The fourth-order valence-electron chi connectivity index (χ4n) is 4.00. The second-order valence-corrected chi connectivity index (χ2v) is 9.44. The Morgan fingerprint density at radius 3 is 2.56 bits per heavy atom. The van der Waals surface area contributed by atoms with E-state index in [1.165, 1.54) is 0 Å². The molecule has 1 aromatic heterocycles. The summed E-state index contributed by atoms with van der Waals surface area (Å²) in [6.45, 7) is 2.52. The third kappa shape index (κ3) is 4.06. The summed E-state index contributed by atoms with van der Waals surface area (Å²) in [6.07, 6.45) is 1.55. The number of furan rings is 1. The molecule has 34 heavy (non-hydrogen) atoms. The molecule has 1 aliphatic rings. The lowest BCUT2D eigenvalue weighted by Gasteiger charge is -2.24. The summed E-state index contributed by atoms with van der Waals surface area (Å²) in [5.74, 6) is 0.0742. The molecule has 2 amide bonds. The molecule has 0 spiro atoms. The van der Waals surface area contributed by atoms with Gasteiger partial charge < -0.3 is 14.6 Å². The monoisotopic (exact) mass is 470 g/mol. The molecule has 0 saturated carbocycles. The molecule has 0 unspecified atom stereocenters. The van der Waals surface area contributed by atoms with E-state index in [9.17, 15) is 13.8 Å². The highest BCUT2D eigenvalue weighted by Crippen LogP contribution is 2.36. The van der Waals surface area contributed by atoms with E-state index in [0.717, 1.165) is 11.1 Å². The van der Waals surface area contributed by atoms with E-state index in [2.05, 4.69) is 5.32 Å². The van der Waals surface area contributed by atoms with Crippen LogP contribution in [0.2, 0.25) is 0 Å². The van der Waals surface area contributed by atoms with Crippen LogP contribution in [0, 0.1) is 6.92 Å². The van der Waals surface area contributed by atoms with Gasteiger partial charge in [0.1, 0.15) is 5.76 Å². The summed E-state index contributed by atoms with van der Waals surface area (Å²) in [5, 5.41) is 2.83. The van der Waals surface area contributed by atoms with Crippen LogP contribution in [0.15, 0.2) is 99.3 Å². The predicted octanol–water partition coefficient (Wildman–Crippen LogP) is 4.85. The maximum absolute atomic E-state index is 13.7. The number of amides is 2. The third-order valence-corrected chi connectivity index (χ3v) is 7.37. The van der Waals surface area contributed by atoms with Crippen LogP contribution in [-0.2, 0) is 23.9 Å². The minimum absolute atomic E-state index is 0.242. The number of rotatable bonds is 5. The Morgan fingerprint density at radius 1 is 0.971 bits per heavy atom. The zero-order valence-corrected chi connectivity index (χ0v) is 19.3. The van der Waals surface area contributed by atoms with E-state index in [0.29, 0.717) is 38.9 Å². The summed E-state index contributed by atoms with van der Waals surface area (Å²) >= 11 is 0. The molecule has 170 valence electrons. The van der Waals surface area contributed by atoms with Crippen LogP contribution < -0.4 is 10.2 Å². The molecule has 1 atom stereocenters. The maximum Gasteiger partial charge on any atom is 0.259 e. The van der Waals surface area contributed by atoms with Crippen molar-refractivity contribution in [3.63, 3.8) is 0 Å². The number of carbonyl (C=O) groups excluding carboxylic acids is 2. The van der Waals surface area contributed by atoms with Gasteiger partial charge in [-0.25, -0.2) is 4.21 Å². The summed E-state index contributed by atoms with van der Waals surface area (Å²) in [5.41, 5.74) is 3.25. The standard InChI is InChI=1S/C27H22N2O4S/c1-18-7-2-3-8-20(18)17-29-23-15-19(26(30)28-16-21-9-6-14-33-21)12-13-25(23)34(32)24-11-5-4-10-22(24)27(29)31/h2-15H,16-17H2,1H3,(H,28,30)/t34-/m0/s1. The maximum atomic E-state index is 13.7. The number of hydrogen-bond acceptors (Lipinski definition) is 4. The van der Waals surface area contributed by atoms with E-state index < -0.39 is 10.8 Å². The van der Waals surface area contributed by atoms with Crippen molar-refractivity contribution in [2.24, 2.45) is 0 Å². The zero-order valence-electron chi connectivity index (χ0n) is 18.5. The van der Waals surface area contributed by atoms with Crippen LogP contribution in [0.25, 0.3) is 0 Å². The highest BCUT2D eigenvalue weighted by Gasteiger charge is 2.31. The molecule has 0 radical (unpaired) electrons. The summed E-state index contributed by atoms with van der Waals surface area (Å²) < 4.78 is 18.8. The van der Waals surface area contributed by atoms with Crippen LogP contribution in [-0.4, -0.2) is 16.0 Å². The Bertz CT molecular complexity index is 1410. The van der Waals surface area contributed by atoms with Crippen molar-refractivity contribution in [1.29, 1.82) is 0 Å². The molecule has 4 aromatic rings. The first-order chi connectivity index (χ1) is 16.5. The van der Waals surface area contributed by atoms with Crippen molar-refractivity contribution in [2.75, 3.05) is 4.90 Å². The molecule has 1 N–H and O–H groups in total. The van der Waals surface area contributed by atoms with E-state index in [-0.39, 0.29) is 18.4 Å². The van der Waals surface area contributed by atoms with Crippen LogP contribution in [0.4, 0.5) is 5.69 Å². The average Bonchev–Trinajstić information content (AvgIpc) is 3.37. The van der Waals surface area contributed by atoms with Gasteiger partial charge in [0.2, 0.25) is 0 Å². The molecule has 0 aliphatic carbocycles. The fraction of sp³-hybridized carbons (Fsp3) is 0.111. The van der Waals surface area contributed by atoms with Crippen molar-refractivity contribution >= 4 is 28.3 Å². The van der Waals surface area contributed by atoms with Crippen LogP contribution >= 0.6 is 0 Å². The molecule has 1 aliphatic heterocycles. The Balaban J connectivity index is 1.58. The minimum Gasteiger partial charge on any atom is -0.467 e. The first-order valence-corrected chi connectivity index (χ1v) is 12.0. The van der Waals surface area contributed by atoms with Gasteiger partial charge in [0, 0.05) is 5.56 Å². The summed E-state index contributed by atoms with van der Waals surface area (Å²) in [4.78, 5) is 29.2. The highest BCUT2D eigenvalue weighted by molar-refractivity contribution is 7.85. The SMILES string of the molecule is Cc1ccccc1CN1C(=O)c2ccccc2[S@](=O)c2ccc(C(=O)NCc3ccco3)cc21. The quantitative estimate of drug-likeness (QED) is 0.452. The minimum atomic E-state index is -1.57. The normalized spacial score (nSPS) is 14.8.